The average Bonchev–Trinajstić information content (AvgIpc) is 3.10. The molecule has 0 unspecified atom stereocenters. The zero-order valence-corrected chi connectivity index (χ0v) is 15.4. The predicted octanol–water partition coefficient (Wildman–Crippen LogP) is 3.02. The minimum absolute atomic E-state index is 0.0313. The molecule has 0 atom stereocenters. The van der Waals surface area contributed by atoms with Crippen LogP contribution in [0.2, 0.25) is 0 Å². The molecule has 0 amide bonds. The molecule has 146 valence electrons. The SMILES string of the molecule is O=C=C([O-])c1ccc(F)c(Cn2c3ccccc3c3c4cccnc4oc(=O)c32)c1. The van der Waals surface area contributed by atoms with E-state index in [1.54, 1.807) is 10.6 Å². The molecule has 3 aromatic heterocycles. The van der Waals surface area contributed by atoms with E-state index in [1.807, 2.05) is 30.3 Å². The molecule has 0 bridgehead atoms. The van der Waals surface area contributed by atoms with Crippen LogP contribution in [0.25, 0.3) is 38.7 Å². The Morgan fingerprint density at radius 2 is 1.93 bits per heavy atom. The number of rotatable bonds is 3. The quantitative estimate of drug-likeness (QED) is 0.344. The Morgan fingerprint density at radius 1 is 1.13 bits per heavy atom. The molecule has 3 heterocycles. The maximum Gasteiger partial charge on any atom is 0.362 e. The number of benzene rings is 2. The summed E-state index contributed by atoms with van der Waals surface area (Å²) in [6.07, 6.45) is 1.54. The van der Waals surface area contributed by atoms with Crippen LogP contribution in [0.3, 0.4) is 0 Å². The Morgan fingerprint density at radius 3 is 2.77 bits per heavy atom. The van der Waals surface area contributed by atoms with E-state index in [-0.39, 0.29) is 28.9 Å². The number of carbonyl (C=O) groups excluding carboxylic acids is 1. The summed E-state index contributed by atoms with van der Waals surface area (Å²) < 4.78 is 21.6. The minimum atomic E-state index is -0.866. The Bertz CT molecular complexity index is 1580. The number of hydrogen-bond donors (Lipinski definition) is 0. The molecule has 30 heavy (non-hydrogen) atoms. The Hall–Kier alpha value is -4.22. The highest BCUT2D eigenvalue weighted by Gasteiger charge is 2.19. The van der Waals surface area contributed by atoms with E-state index in [9.17, 15) is 19.1 Å². The van der Waals surface area contributed by atoms with Crippen molar-refractivity contribution in [3.63, 3.8) is 0 Å². The molecule has 6 nitrogen and oxygen atoms in total. The molecule has 0 fully saturated rings. The van der Waals surface area contributed by atoms with Gasteiger partial charge in [-0.05, 0) is 41.7 Å². The van der Waals surface area contributed by atoms with Crippen molar-refractivity contribution >= 4 is 44.6 Å². The minimum Gasteiger partial charge on any atom is -0.864 e. The van der Waals surface area contributed by atoms with Gasteiger partial charge in [0.2, 0.25) is 5.71 Å². The Kier molecular flexibility index (Phi) is 3.98. The van der Waals surface area contributed by atoms with Gasteiger partial charge in [-0.3, -0.25) is 0 Å². The van der Waals surface area contributed by atoms with Gasteiger partial charge in [0.25, 0.3) is 0 Å². The molecule has 2 aromatic carbocycles. The van der Waals surface area contributed by atoms with Gasteiger partial charge in [0.1, 0.15) is 17.3 Å². The molecule has 5 aromatic rings. The highest BCUT2D eigenvalue weighted by molar-refractivity contribution is 6.18. The van der Waals surface area contributed by atoms with Crippen LogP contribution in [0.1, 0.15) is 11.1 Å². The molecule has 5 rings (SSSR count). The normalized spacial score (nSPS) is 11.2. The molecule has 0 saturated carbocycles. The van der Waals surface area contributed by atoms with Gasteiger partial charge in [0.15, 0.2) is 0 Å². The predicted molar refractivity (Wildman–Crippen MR) is 108 cm³/mol. The molecule has 0 aliphatic rings. The van der Waals surface area contributed by atoms with Crippen LogP contribution < -0.4 is 10.7 Å². The van der Waals surface area contributed by atoms with Gasteiger partial charge in [-0.25, -0.2) is 19.0 Å². The van der Waals surface area contributed by atoms with Crippen molar-refractivity contribution in [1.82, 2.24) is 9.55 Å². The Labute approximate surface area is 168 Å². The number of para-hydroxylation sites is 1. The topological polar surface area (TPSA) is 88.2 Å². The van der Waals surface area contributed by atoms with E-state index < -0.39 is 17.2 Å². The van der Waals surface area contributed by atoms with Crippen LogP contribution in [0.5, 0.6) is 0 Å². The van der Waals surface area contributed by atoms with E-state index >= 15 is 0 Å². The summed E-state index contributed by atoms with van der Waals surface area (Å²) in [6.45, 7) is -0.0354. The highest BCUT2D eigenvalue weighted by Crippen LogP contribution is 2.33. The Balaban J connectivity index is 1.85. The van der Waals surface area contributed by atoms with Crippen LogP contribution in [-0.4, -0.2) is 15.5 Å². The van der Waals surface area contributed by atoms with Crippen molar-refractivity contribution in [2.45, 2.75) is 6.54 Å². The van der Waals surface area contributed by atoms with E-state index in [4.69, 9.17) is 4.42 Å². The molecule has 0 radical (unpaired) electrons. The van der Waals surface area contributed by atoms with Gasteiger partial charge in [-0.15, -0.1) is 0 Å². The van der Waals surface area contributed by atoms with Crippen molar-refractivity contribution in [3.8, 4) is 0 Å². The van der Waals surface area contributed by atoms with Crippen LogP contribution >= 0.6 is 0 Å². The maximum absolute atomic E-state index is 14.5. The van der Waals surface area contributed by atoms with Gasteiger partial charge in [0, 0.05) is 33.4 Å². The molecular weight excluding hydrogens is 387 g/mol. The third kappa shape index (κ3) is 2.61. The fourth-order valence-corrected chi connectivity index (χ4v) is 3.82. The molecule has 0 aliphatic carbocycles. The van der Waals surface area contributed by atoms with Crippen molar-refractivity contribution in [2.75, 3.05) is 0 Å². The van der Waals surface area contributed by atoms with Crippen LogP contribution in [0.4, 0.5) is 4.39 Å². The molecule has 7 heteroatoms. The monoisotopic (exact) mass is 399 g/mol. The number of nitrogens with zero attached hydrogens (tertiary/aromatic N) is 2. The van der Waals surface area contributed by atoms with E-state index in [0.717, 1.165) is 11.5 Å². The summed E-state index contributed by atoms with van der Waals surface area (Å²) in [4.78, 5) is 27.7. The summed E-state index contributed by atoms with van der Waals surface area (Å²) in [5.41, 5.74) is 0.789. The van der Waals surface area contributed by atoms with Crippen LogP contribution in [0.15, 0.2) is 70.0 Å². The summed E-state index contributed by atoms with van der Waals surface area (Å²) in [5, 5.41) is 13.8. The lowest BCUT2D eigenvalue weighted by atomic mass is 10.1. The zero-order valence-electron chi connectivity index (χ0n) is 15.4. The first kappa shape index (κ1) is 17.8. The number of halogens is 1. The lowest BCUT2D eigenvalue weighted by Gasteiger charge is -2.12. The number of hydrogen-bond acceptors (Lipinski definition) is 5. The maximum atomic E-state index is 14.5. The lowest BCUT2D eigenvalue weighted by molar-refractivity contribution is -0.241. The van der Waals surface area contributed by atoms with Crippen molar-refractivity contribution in [1.29, 1.82) is 0 Å². The number of fused-ring (bicyclic) bond motifs is 5. The summed E-state index contributed by atoms with van der Waals surface area (Å²) in [6, 6.07) is 14.6. The molecule has 0 spiro atoms. The first-order chi connectivity index (χ1) is 14.6. The first-order valence-electron chi connectivity index (χ1n) is 9.08. The van der Waals surface area contributed by atoms with Gasteiger partial charge in [-0.1, -0.05) is 24.3 Å². The van der Waals surface area contributed by atoms with Crippen molar-refractivity contribution < 1.29 is 18.7 Å². The molecule has 0 saturated heterocycles. The second-order valence-electron chi connectivity index (χ2n) is 6.81. The number of aromatic nitrogens is 2. The van der Waals surface area contributed by atoms with E-state index in [2.05, 4.69) is 4.98 Å². The first-order valence-corrected chi connectivity index (χ1v) is 9.08. The molecular formula is C23H12FN2O4-. The van der Waals surface area contributed by atoms with Gasteiger partial charge in [-0.2, -0.15) is 0 Å². The van der Waals surface area contributed by atoms with E-state index in [0.29, 0.717) is 16.3 Å². The summed E-state index contributed by atoms with van der Waals surface area (Å²) in [5.74, 6) is -0.141. The van der Waals surface area contributed by atoms with Gasteiger partial charge in [0.05, 0.1) is 6.54 Å². The van der Waals surface area contributed by atoms with Crippen molar-refractivity contribution in [2.24, 2.45) is 0 Å². The van der Waals surface area contributed by atoms with Crippen LogP contribution in [-0.2, 0) is 11.3 Å². The fraction of sp³-hybridized carbons (Fsp3) is 0.0435. The number of pyridine rings is 1. The van der Waals surface area contributed by atoms with E-state index in [1.165, 1.54) is 24.3 Å². The lowest BCUT2D eigenvalue weighted by Crippen LogP contribution is -2.10. The summed E-state index contributed by atoms with van der Waals surface area (Å²) in [7, 11) is 0. The summed E-state index contributed by atoms with van der Waals surface area (Å²) >= 11 is 0. The second-order valence-corrected chi connectivity index (χ2v) is 6.81. The van der Waals surface area contributed by atoms with Crippen LogP contribution in [0, 0.1) is 5.82 Å². The molecule has 0 aliphatic heterocycles. The zero-order chi connectivity index (χ0) is 20.8. The largest absolute Gasteiger partial charge is 0.864 e. The van der Waals surface area contributed by atoms with Gasteiger partial charge < -0.3 is 14.1 Å². The van der Waals surface area contributed by atoms with Gasteiger partial charge >= 0.3 is 5.63 Å². The second kappa shape index (κ2) is 6.69. The third-order valence-corrected chi connectivity index (χ3v) is 5.12. The third-order valence-electron chi connectivity index (χ3n) is 5.12. The standard InChI is InChI=1S/C23H13FN2O4/c24-17-8-7-13(19(28)12-27)10-14(17)11-26-18-6-2-1-4-15(18)20-16-5-3-9-25-22(16)30-23(29)21(20)26/h1-10,28H,11H2/p-1. The fourth-order valence-electron chi connectivity index (χ4n) is 3.82. The average molecular weight is 399 g/mol. The smallest absolute Gasteiger partial charge is 0.362 e. The van der Waals surface area contributed by atoms with Crippen molar-refractivity contribution in [3.05, 3.63) is 88.2 Å². The highest BCUT2D eigenvalue weighted by atomic mass is 19.1. The molecule has 0 N–H and O–H groups in total.